The van der Waals surface area contributed by atoms with Gasteiger partial charge in [-0.2, -0.15) is 0 Å². The predicted octanol–water partition coefficient (Wildman–Crippen LogP) is 2.94. The topological polar surface area (TPSA) is 16.1 Å². The van der Waals surface area contributed by atoms with Crippen molar-refractivity contribution in [1.82, 2.24) is 9.88 Å². The molecule has 4 heteroatoms. The third-order valence-corrected chi connectivity index (χ3v) is 3.95. The molecule has 2 unspecified atom stereocenters. The molecule has 1 saturated heterocycles. The van der Waals surface area contributed by atoms with Crippen LogP contribution in [-0.4, -0.2) is 29.5 Å². The molecule has 3 heterocycles. The highest BCUT2D eigenvalue weighted by molar-refractivity contribution is 9.10. The Labute approximate surface area is 115 Å². The molecule has 1 aromatic heterocycles. The zero-order chi connectivity index (χ0) is 10.3. The predicted molar refractivity (Wildman–Crippen MR) is 74.1 cm³/mol. The van der Waals surface area contributed by atoms with Gasteiger partial charge in [0.15, 0.2) is 0 Å². The molecule has 0 aromatic carbocycles. The van der Waals surface area contributed by atoms with Crippen molar-refractivity contribution in [3.63, 3.8) is 0 Å². The Morgan fingerprint density at radius 2 is 2.25 bits per heavy atom. The molecular weight excluding hydrogens is 332 g/mol. The maximum Gasteiger partial charge on any atom is 0.106 e. The second-order valence-corrected chi connectivity index (χ2v) is 5.23. The van der Waals surface area contributed by atoms with Gasteiger partial charge in [-0.15, -0.1) is 17.0 Å². The standard InChI is InChI=1S/C12H13BrN2.BrH/c13-11-3-2-10(8-14-11)12-4-1-6-15(9-12)7-5-12;/h1-4,8H,5-7,9H2;1H. The van der Waals surface area contributed by atoms with Crippen LogP contribution in [0.2, 0.25) is 0 Å². The van der Waals surface area contributed by atoms with E-state index < -0.39 is 0 Å². The molecule has 2 aliphatic rings. The summed E-state index contributed by atoms with van der Waals surface area (Å²) < 4.78 is 0.914. The van der Waals surface area contributed by atoms with Gasteiger partial charge in [-0.05, 0) is 40.5 Å². The van der Waals surface area contributed by atoms with E-state index in [0.717, 1.165) is 17.7 Å². The second kappa shape index (κ2) is 4.59. The van der Waals surface area contributed by atoms with Gasteiger partial charge in [-0.1, -0.05) is 18.2 Å². The van der Waals surface area contributed by atoms with Crippen LogP contribution in [0.4, 0.5) is 0 Å². The van der Waals surface area contributed by atoms with Crippen LogP contribution in [-0.2, 0) is 5.41 Å². The molecule has 16 heavy (non-hydrogen) atoms. The Morgan fingerprint density at radius 1 is 1.38 bits per heavy atom. The molecule has 0 radical (unpaired) electrons. The molecule has 0 N–H and O–H groups in total. The van der Waals surface area contributed by atoms with Crippen LogP contribution in [0.3, 0.4) is 0 Å². The molecule has 1 aromatic rings. The van der Waals surface area contributed by atoms with E-state index in [4.69, 9.17) is 0 Å². The molecule has 0 amide bonds. The Morgan fingerprint density at radius 3 is 3.00 bits per heavy atom. The van der Waals surface area contributed by atoms with E-state index in [2.05, 4.69) is 44.0 Å². The van der Waals surface area contributed by atoms with Crippen LogP contribution in [0, 0.1) is 0 Å². The smallest absolute Gasteiger partial charge is 0.106 e. The van der Waals surface area contributed by atoms with Crippen molar-refractivity contribution in [2.45, 2.75) is 11.8 Å². The molecule has 2 bridgehead atoms. The minimum absolute atomic E-state index is 0. The highest BCUT2D eigenvalue weighted by Gasteiger charge is 2.39. The monoisotopic (exact) mass is 344 g/mol. The van der Waals surface area contributed by atoms with E-state index >= 15 is 0 Å². The molecule has 2 nitrogen and oxygen atoms in total. The van der Waals surface area contributed by atoms with Crippen molar-refractivity contribution in [3.8, 4) is 0 Å². The van der Waals surface area contributed by atoms with Crippen LogP contribution >= 0.6 is 32.9 Å². The Balaban J connectivity index is 0.000000963. The average Bonchev–Trinajstić information content (AvgIpc) is 2.56. The summed E-state index contributed by atoms with van der Waals surface area (Å²) in [5.41, 5.74) is 1.59. The molecule has 3 rings (SSSR count). The van der Waals surface area contributed by atoms with Gasteiger partial charge in [0.05, 0.1) is 0 Å². The van der Waals surface area contributed by atoms with Crippen molar-refractivity contribution in [2.24, 2.45) is 0 Å². The Kier molecular flexibility index (Phi) is 3.52. The number of rotatable bonds is 1. The van der Waals surface area contributed by atoms with Crippen molar-refractivity contribution in [1.29, 1.82) is 0 Å². The van der Waals surface area contributed by atoms with Gasteiger partial charge in [0.1, 0.15) is 4.60 Å². The summed E-state index contributed by atoms with van der Waals surface area (Å²) in [5, 5.41) is 0. The van der Waals surface area contributed by atoms with Crippen LogP contribution in [0.1, 0.15) is 12.0 Å². The van der Waals surface area contributed by atoms with Gasteiger partial charge in [0.2, 0.25) is 0 Å². The number of aromatic nitrogens is 1. The summed E-state index contributed by atoms with van der Waals surface area (Å²) in [5.74, 6) is 0. The number of pyridine rings is 1. The maximum atomic E-state index is 4.33. The number of halogens is 2. The Bertz CT molecular complexity index is 402. The lowest BCUT2D eigenvalue weighted by Gasteiger charge is -2.29. The molecule has 86 valence electrons. The summed E-state index contributed by atoms with van der Waals surface area (Å²) in [4.78, 5) is 6.83. The van der Waals surface area contributed by atoms with Crippen LogP contribution in [0.15, 0.2) is 35.1 Å². The maximum absolute atomic E-state index is 4.33. The van der Waals surface area contributed by atoms with Gasteiger partial charge in [-0.3, -0.25) is 4.90 Å². The fourth-order valence-electron chi connectivity index (χ4n) is 2.64. The fraction of sp³-hybridized carbons (Fsp3) is 0.417. The largest absolute Gasteiger partial charge is 0.298 e. The van der Waals surface area contributed by atoms with Gasteiger partial charge >= 0.3 is 0 Å². The number of hydrogen-bond acceptors (Lipinski definition) is 2. The number of fused-ring (bicyclic) bond motifs is 2. The van der Waals surface area contributed by atoms with Crippen LogP contribution in [0.5, 0.6) is 0 Å². The van der Waals surface area contributed by atoms with E-state index in [1.807, 2.05) is 12.3 Å². The SMILES string of the molecule is Br.Brc1ccc(C23C=CCN(CC2)C3)cn1. The lowest BCUT2D eigenvalue weighted by Crippen LogP contribution is -2.33. The van der Waals surface area contributed by atoms with Crippen molar-refractivity contribution < 1.29 is 0 Å². The molecular formula is C12H14Br2N2. The van der Waals surface area contributed by atoms with Crippen molar-refractivity contribution in [2.75, 3.05) is 19.6 Å². The summed E-state index contributed by atoms with van der Waals surface area (Å²) in [6, 6.07) is 4.23. The van der Waals surface area contributed by atoms with Gasteiger partial charge in [0, 0.05) is 24.7 Å². The second-order valence-electron chi connectivity index (χ2n) is 4.41. The lowest BCUT2D eigenvalue weighted by atomic mass is 9.79. The van der Waals surface area contributed by atoms with Gasteiger partial charge in [0.25, 0.3) is 0 Å². The average molecular weight is 346 g/mol. The molecule has 0 aliphatic carbocycles. The minimum Gasteiger partial charge on any atom is -0.298 e. The molecule has 0 spiro atoms. The first-order valence-electron chi connectivity index (χ1n) is 5.31. The normalized spacial score (nSPS) is 31.2. The molecule has 0 saturated carbocycles. The summed E-state index contributed by atoms with van der Waals surface area (Å²) in [6.07, 6.45) is 7.90. The van der Waals surface area contributed by atoms with Gasteiger partial charge in [-0.25, -0.2) is 4.98 Å². The lowest BCUT2D eigenvalue weighted by molar-refractivity contribution is 0.345. The third kappa shape index (κ3) is 1.98. The zero-order valence-corrected chi connectivity index (χ0v) is 12.2. The van der Waals surface area contributed by atoms with E-state index in [-0.39, 0.29) is 22.4 Å². The first-order valence-corrected chi connectivity index (χ1v) is 6.10. The van der Waals surface area contributed by atoms with Crippen molar-refractivity contribution in [3.05, 3.63) is 40.6 Å². The summed E-state index contributed by atoms with van der Waals surface area (Å²) in [6.45, 7) is 3.49. The quantitative estimate of drug-likeness (QED) is 0.574. The zero-order valence-electron chi connectivity index (χ0n) is 8.90. The molecule has 2 atom stereocenters. The molecule has 2 aliphatic heterocycles. The van der Waals surface area contributed by atoms with E-state index in [1.54, 1.807) is 0 Å². The number of nitrogens with zero attached hydrogens (tertiary/aromatic N) is 2. The summed E-state index contributed by atoms with van der Waals surface area (Å²) in [7, 11) is 0. The van der Waals surface area contributed by atoms with E-state index in [9.17, 15) is 0 Å². The Hall–Kier alpha value is -0.190. The van der Waals surface area contributed by atoms with E-state index in [0.29, 0.717) is 0 Å². The summed E-state index contributed by atoms with van der Waals surface area (Å²) >= 11 is 3.38. The highest BCUT2D eigenvalue weighted by atomic mass is 79.9. The highest BCUT2D eigenvalue weighted by Crippen LogP contribution is 2.38. The fourth-order valence-corrected chi connectivity index (χ4v) is 2.87. The van der Waals surface area contributed by atoms with Gasteiger partial charge < -0.3 is 0 Å². The van der Waals surface area contributed by atoms with Crippen LogP contribution in [0.25, 0.3) is 0 Å². The van der Waals surface area contributed by atoms with Crippen molar-refractivity contribution >= 4 is 32.9 Å². The number of hydrogen-bond donors (Lipinski definition) is 0. The van der Waals surface area contributed by atoms with Crippen LogP contribution < -0.4 is 0 Å². The molecule has 1 fully saturated rings. The third-order valence-electron chi connectivity index (χ3n) is 3.48. The first kappa shape index (κ1) is 12.3. The minimum atomic E-state index is 0. The first-order chi connectivity index (χ1) is 7.28. The van der Waals surface area contributed by atoms with E-state index in [1.165, 1.54) is 18.5 Å².